The van der Waals surface area contributed by atoms with Crippen molar-refractivity contribution in [3.05, 3.63) is 95.1 Å². The number of aliphatic hydroxyl groups excluding tert-OH is 1. The molecule has 0 aromatic heterocycles. The highest BCUT2D eigenvalue weighted by Gasteiger charge is 2.67. The highest BCUT2D eigenvalue weighted by molar-refractivity contribution is 6.72. The topological polar surface area (TPSA) is 90.4 Å². The standard InChI is InChI=1S/C38H44FN3O5Si/c1-25-36(48(2,3)39)33(21-35(45)41-23-28-13-5-4-12-27(28)20-30(41)24-43)47-38(25)31-15-6-7-16-32(31)42(37(38)46)22-26-11-10-14-29(19-26)40-18-9-8-17-34(40)44/h4-7,10-16,19,25,30,33,36,43H,8-9,17-18,20-24H2,1-3H3/t25-,30+,33+,36-,38+/m1/s1. The molecule has 252 valence electrons. The lowest BCUT2D eigenvalue weighted by molar-refractivity contribution is -0.151. The van der Waals surface area contributed by atoms with Gasteiger partial charge in [-0.25, -0.2) is 0 Å². The summed E-state index contributed by atoms with van der Waals surface area (Å²) in [6.45, 7) is 6.31. The highest BCUT2D eigenvalue weighted by atomic mass is 28.4. The monoisotopic (exact) mass is 669 g/mol. The lowest BCUT2D eigenvalue weighted by atomic mass is 9.82. The molecule has 7 rings (SSSR count). The van der Waals surface area contributed by atoms with Gasteiger partial charge in [0.1, 0.15) is 0 Å². The quantitative estimate of drug-likeness (QED) is 0.252. The van der Waals surface area contributed by atoms with Crippen molar-refractivity contribution in [2.24, 2.45) is 5.92 Å². The van der Waals surface area contributed by atoms with Crippen LogP contribution < -0.4 is 9.80 Å². The number of carbonyl (C=O) groups excluding carboxylic acids is 3. The van der Waals surface area contributed by atoms with Crippen LogP contribution in [0, 0.1) is 5.92 Å². The van der Waals surface area contributed by atoms with Gasteiger partial charge in [0.25, 0.3) is 5.91 Å². The zero-order valence-electron chi connectivity index (χ0n) is 27.9. The van der Waals surface area contributed by atoms with Crippen molar-refractivity contribution in [2.45, 2.75) is 88.5 Å². The van der Waals surface area contributed by atoms with Gasteiger partial charge in [0, 0.05) is 42.2 Å². The Balaban J connectivity index is 1.19. The molecule has 1 N–H and O–H groups in total. The van der Waals surface area contributed by atoms with Crippen molar-refractivity contribution >= 4 is 37.5 Å². The predicted molar refractivity (Wildman–Crippen MR) is 185 cm³/mol. The van der Waals surface area contributed by atoms with Crippen LogP contribution in [0.2, 0.25) is 18.6 Å². The number of carbonyl (C=O) groups is 3. The van der Waals surface area contributed by atoms with Crippen molar-refractivity contribution in [1.82, 2.24) is 4.90 Å². The number of halogens is 1. The van der Waals surface area contributed by atoms with Crippen LogP contribution in [0.1, 0.15) is 54.9 Å². The molecule has 0 bridgehead atoms. The van der Waals surface area contributed by atoms with Crippen LogP contribution in [0.4, 0.5) is 15.5 Å². The molecule has 3 aromatic carbocycles. The van der Waals surface area contributed by atoms with Crippen LogP contribution >= 0.6 is 0 Å². The van der Waals surface area contributed by atoms with E-state index in [4.69, 9.17) is 4.74 Å². The van der Waals surface area contributed by atoms with Crippen LogP contribution in [0.15, 0.2) is 72.8 Å². The fourth-order valence-electron chi connectivity index (χ4n) is 8.77. The molecule has 4 aliphatic rings. The molecule has 5 atom stereocenters. The van der Waals surface area contributed by atoms with Gasteiger partial charge in [0.05, 0.1) is 37.4 Å². The fraction of sp³-hybridized carbons (Fsp3) is 0.447. The molecule has 4 aliphatic heterocycles. The lowest BCUT2D eigenvalue weighted by Gasteiger charge is -2.37. The van der Waals surface area contributed by atoms with Crippen molar-refractivity contribution in [1.29, 1.82) is 0 Å². The fourth-order valence-corrected chi connectivity index (χ4v) is 11.3. The molecule has 8 nitrogen and oxygen atoms in total. The summed E-state index contributed by atoms with van der Waals surface area (Å²) >= 11 is 0. The van der Waals surface area contributed by atoms with Crippen molar-refractivity contribution in [3.8, 4) is 0 Å². The number of amides is 3. The maximum absolute atomic E-state index is 16.4. The number of para-hydroxylation sites is 1. The minimum atomic E-state index is -3.48. The van der Waals surface area contributed by atoms with E-state index >= 15 is 4.11 Å². The number of piperidine rings is 1. The second-order valence-corrected chi connectivity index (χ2v) is 18.2. The average molecular weight is 670 g/mol. The number of nitrogens with zero attached hydrogens (tertiary/aromatic N) is 3. The minimum Gasteiger partial charge on any atom is -0.394 e. The zero-order chi connectivity index (χ0) is 33.8. The molecule has 3 amide bonds. The van der Waals surface area contributed by atoms with Crippen LogP contribution in [0.3, 0.4) is 0 Å². The van der Waals surface area contributed by atoms with E-state index in [0.29, 0.717) is 37.2 Å². The molecule has 4 heterocycles. The molecule has 0 radical (unpaired) electrons. The number of hydrogen-bond acceptors (Lipinski definition) is 5. The van der Waals surface area contributed by atoms with E-state index in [1.165, 1.54) is 0 Å². The third-order valence-corrected chi connectivity index (χ3v) is 13.5. The van der Waals surface area contributed by atoms with Gasteiger partial charge in [0.2, 0.25) is 20.2 Å². The first-order chi connectivity index (χ1) is 23.0. The summed E-state index contributed by atoms with van der Waals surface area (Å²) in [6, 6.07) is 22.9. The molecule has 2 fully saturated rings. The Labute approximate surface area is 282 Å². The summed E-state index contributed by atoms with van der Waals surface area (Å²) in [7, 11) is -3.48. The molecule has 0 saturated carbocycles. The summed E-state index contributed by atoms with van der Waals surface area (Å²) in [5, 5.41) is 10.2. The van der Waals surface area contributed by atoms with Gasteiger partial charge in [-0.3, -0.25) is 14.4 Å². The number of benzene rings is 3. The smallest absolute Gasteiger partial charge is 0.264 e. The molecule has 2 saturated heterocycles. The SMILES string of the molecule is C[C@@H]1[C@@H]([Si](C)(C)F)[C@H](CC(=O)N2Cc3ccccc3C[C@H]2CO)O[C@@]12C(=O)N(Cc1cccc(N3CCCCC3=O)c1)c1ccccc12. The van der Waals surface area contributed by atoms with Crippen LogP contribution in [0.5, 0.6) is 0 Å². The molecular formula is C38H44FN3O5Si. The minimum absolute atomic E-state index is 0.0723. The molecule has 10 heteroatoms. The van der Waals surface area contributed by atoms with E-state index in [1.54, 1.807) is 22.9 Å². The molecule has 3 aromatic rings. The Kier molecular flexibility index (Phi) is 8.54. The molecule has 0 aliphatic carbocycles. The van der Waals surface area contributed by atoms with Gasteiger partial charge >= 0.3 is 0 Å². The van der Waals surface area contributed by atoms with Gasteiger partial charge in [-0.05, 0) is 67.2 Å². The first-order valence-electron chi connectivity index (χ1n) is 17.2. The molecule has 0 unspecified atom stereocenters. The second kappa shape index (κ2) is 12.5. The Morgan fingerprint density at radius 2 is 1.77 bits per heavy atom. The maximum atomic E-state index is 16.4. The first kappa shape index (κ1) is 32.7. The summed E-state index contributed by atoms with van der Waals surface area (Å²) in [4.78, 5) is 46.7. The van der Waals surface area contributed by atoms with Gasteiger partial charge < -0.3 is 28.7 Å². The van der Waals surface area contributed by atoms with Gasteiger partial charge in [0.15, 0.2) is 5.60 Å². The van der Waals surface area contributed by atoms with Crippen molar-refractivity contribution < 1.29 is 28.3 Å². The third-order valence-electron chi connectivity index (χ3n) is 11.0. The predicted octanol–water partition coefficient (Wildman–Crippen LogP) is 5.86. The maximum Gasteiger partial charge on any atom is 0.264 e. The van der Waals surface area contributed by atoms with Gasteiger partial charge in [-0.15, -0.1) is 0 Å². The Hall–Kier alpha value is -3.86. The summed E-state index contributed by atoms with van der Waals surface area (Å²) in [5.74, 6) is -0.875. The Morgan fingerprint density at radius 3 is 2.52 bits per heavy atom. The van der Waals surface area contributed by atoms with E-state index in [2.05, 4.69) is 0 Å². The molecule has 48 heavy (non-hydrogen) atoms. The first-order valence-corrected chi connectivity index (χ1v) is 20.1. The summed E-state index contributed by atoms with van der Waals surface area (Å²) < 4.78 is 23.2. The van der Waals surface area contributed by atoms with Crippen molar-refractivity contribution in [2.75, 3.05) is 23.0 Å². The van der Waals surface area contributed by atoms with Crippen molar-refractivity contribution in [3.63, 3.8) is 0 Å². The van der Waals surface area contributed by atoms with Crippen LogP contribution in [-0.2, 0) is 44.2 Å². The van der Waals surface area contributed by atoms with Gasteiger partial charge in [-0.2, -0.15) is 0 Å². The number of hydrogen-bond donors (Lipinski definition) is 1. The number of fused-ring (bicyclic) bond motifs is 3. The highest BCUT2D eigenvalue weighted by Crippen LogP contribution is 2.60. The van der Waals surface area contributed by atoms with Crippen LogP contribution in [-0.4, -0.2) is 61.4 Å². The lowest BCUT2D eigenvalue weighted by Crippen LogP contribution is -2.48. The second-order valence-electron chi connectivity index (χ2n) is 14.4. The number of anilines is 2. The zero-order valence-corrected chi connectivity index (χ0v) is 28.9. The number of ether oxygens (including phenoxy) is 1. The summed E-state index contributed by atoms with van der Waals surface area (Å²) in [6.07, 6.45) is 2.05. The van der Waals surface area contributed by atoms with E-state index in [0.717, 1.165) is 35.2 Å². The summed E-state index contributed by atoms with van der Waals surface area (Å²) in [5.41, 5.74) is 3.21. The molecular weight excluding hydrogens is 626 g/mol. The Bertz CT molecular complexity index is 1740. The van der Waals surface area contributed by atoms with E-state index in [1.807, 2.05) is 84.6 Å². The Morgan fingerprint density at radius 1 is 1.02 bits per heavy atom. The van der Waals surface area contributed by atoms with E-state index in [9.17, 15) is 19.5 Å². The number of aliphatic hydroxyl groups is 1. The van der Waals surface area contributed by atoms with Crippen LogP contribution in [0.25, 0.3) is 0 Å². The largest absolute Gasteiger partial charge is 0.394 e. The van der Waals surface area contributed by atoms with Gasteiger partial charge in [-0.1, -0.05) is 61.5 Å². The molecule has 1 spiro atoms. The number of rotatable bonds is 7. The third kappa shape index (κ3) is 5.47. The van der Waals surface area contributed by atoms with E-state index in [-0.39, 0.29) is 43.3 Å². The normalized spacial score (nSPS) is 27.1. The van der Waals surface area contributed by atoms with E-state index < -0.39 is 31.6 Å². The average Bonchev–Trinajstić information content (AvgIpc) is 3.50.